The van der Waals surface area contributed by atoms with Crippen molar-refractivity contribution >= 4 is 17.5 Å². The fraction of sp³-hybridized carbons (Fsp3) is 0.321. The van der Waals surface area contributed by atoms with Crippen LogP contribution in [-0.2, 0) is 12.0 Å². The van der Waals surface area contributed by atoms with Gasteiger partial charge >= 0.3 is 0 Å². The molecule has 0 amide bonds. The third-order valence-electron chi connectivity index (χ3n) is 5.99. The number of rotatable bonds is 9. The van der Waals surface area contributed by atoms with Crippen LogP contribution in [0.15, 0.2) is 60.8 Å². The number of nitrogens with zero attached hydrogens (tertiary/aromatic N) is 4. The molecule has 36 heavy (non-hydrogen) atoms. The molecule has 4 aromatic rings. The van der Waals surface area contributed by atoms with E-state index in [9.17, 15) is 5.11 Å². The van der Waals surface area contributed by atoms with Gasteiger partial charge in [0.05, 0.1) is 22.1 Å². The van der Waals surface area contributed by atoms with Crippen molar-refractivity contribution in [2.75, 3.05) is 18.8 Å². The minimum Gasteiger partial charge on any atom is -0.506 e. The van der Waals surface area contributed by atoms with Gasteiger partial charge in [0, 0.05) is 36.8 Å². The van der Waals surface area contributed by atoms with Gasteiger partial charge in [-0.3, -0.25) is 4.90 Å². The van der Waals surface area contributed by atoms with Gasteiger partial charge in [-0.25, -0.2) is 15.0 Å². The number of anilines is 1. The zero-order valence-corrected chi connectivity index (χ0v) is 21.9. The molecule has 0 fully saturated rings. The highest BCUT2D eigenvalue weighted by Gasteiger charge is 2.30. The SMILES string of the molecule is CC(C)CN(Cc1ccccc1)CC(C)(C)c1nc(-c2ccc(Cl)c(O)c2)c(-c2ccnc(N)n2)[nH]1. The number of hydrogen-bond acceptors (Lipinski definition) is 6. The second-order valence-corrected chi connectivity index (χ2v) is 10.6. The van der Waals surface area contributed by atoms with Crippen LogP contribution in [0.4, 0.5) is 5.95 Å². The van der Waals surface area contributed by atoms with Crippen molar-refractivity contribution in [1.29, 1.82) is 0 Å². The fourth-order valence-electron chi connectivity index (χ4n) is 4.44. The van der Waals surface area contributed by atoms with E-state index < -0.39 is 0 Å². The summed E-state index contributed by atoms with van der Waals surface area (Å²) in [7, 11) is 0. The maximum atomic E-state index is 10.3. The molecule has 4 N–H and O–H groups in total. The molecule has 2 heterocycles. The van der Waals surface area contributed by atoms with E-state index in [1.54, 1.807) is 24.4 Å². The van der Waals surface area contributed by atoms with Gasteiger partial charge in [-0.05, 0) is 29.7 Å². The molecular weight excluding hydrogens is 472 g/mol. The Labute approximate surface area is 217 Å². The van der Waals surface area contributed by atoms with Crippen LogP contribution < -0.4 is 5.73 Å². The number of nitrogens with one attached hydrogen (secondary N) is 1. The zero-order chi connectivity index (χ0) is 25.9. The summed E-state index contributed by atoms with van der Waals surface area (Å²) in [6, 6.07) is 17.4. The summed E-state index contributed by atoms with van der Waals surface area (Å²) in [4.78, 5) is 19.5. The molecule has 0 saturated carbocycles. The van der Waals surface area contributed by atoms with Crippen LogP contribution in [0.25, 0.3) is 22.6 Å². The summed E-state index contributed by atoms with van der Waals surface area (Å²) >= 11 is 6.07. The van der Waals surface area contributed by atoms with E-state index >= 15 is 0 Å². The third-order valence-corrected chi connectivity index (χ3v) is 6.31. The molecule has 0 saturated heterocycles. The lowest BCUT2D eigenvalue weighted by atomic mass is 9.91. The van der Waals surface area contributed by atoms with Crippen LogP contribution in [0.5, 0.6) is 5.75 Å². The van der Waals surface area contributed by atoms with Crippen molar-refractivity contribution in [3.05, 3.63) is 77.2 Å². The van der Waals surface area contributed by atoms with Crippen LogP contribution >= 0.6 is 11.6 Å². The molecule has 0 aliphatic rings. The largest absolute Gasteiger partial charge is 0.506 e. The van der Waals surface area contributed by atoms with E-state index in [1.807, 2.05) is 12.1 Å². The summed E-state index contributed by atoms with van der Waals surface area (Å²) in [5, 5.41) is 10.5. The van der Waals surface area contributed by atoms with Gasteiger partial charge in [0.2, 0.25) is 5.95 Å². The Bertz CT molecular complexity index is 1320. The summed E-state index contributed by atoms with van der Waals surface area (Å²) in [6.07, 6.45) is 1.62. The minimum atomic E-state index is -0.316. The van der Waals surface area contributed by atoms with Crippen LogP contribution in [0.3, 0.4) is 0 Å². The van der Waals surface area contributed by atoms with Gasteiger partial charge in [-0.1, -0.05) is 75.7 Å². The average Bonchev–Trinajstić information content (AvgIpc) is 3.27. The van der Waals surface area contributed by atoms with Gasteiger partial charge in [0.25, 0.3) is 0 Å². The summed E-state index contributed by atoms with van der Waals surface area (Å²) in [5.41, 5.74) is 9.59. The van der Waals surface area contributed by atoms with Gasteiger partial charge < -0.3 is 15.8 Å². The minimum absolute atomic E-state index is 0.00269. The number of phenolic OH excluding ortho intramolecular Hbond substituents is 1. The molecule has 0 spiro atoms. The Hall–Kier alpha value is -3.42. The van der Waals surface area contributed by atoms with Crippen molar-refractivity contribution in [2.24, 2.45) is 5.92 Å². The average molecular weight is 505 g/mol. The van der Waals surface area contributed by atoms with Crippen LogP contribution in [0.2, 0.25) is 5.02 Å². The normalized spacial score (nSPS) is 12.0. The van der Waals surface area contributed by atoms with E-state index in [-0.39, 0.29) is 22.1 Å². The maximum absolute atomic E-state index is 10.3. The van der Waals surface area contributed by atoms with Gasteiger partial charge in [-0.15, -0.1) is 0 Å². The smallest absolute Gasteiger partial charge is 0.220 e. The Morgan fingerprint density at radius 3 is 2.50 bits per heavy atom. The van der Waals surface area contributed by atoms with E-state index in [0.717, 1.165) is 31.0 Å². The van der Waals surface area contributed by atoms with E-state index in [1.165, 1.54) is 5.56 Å². The highest BCUT2D eigenvalue weighted by Crippen LogP contribution is 2.36. The number of H-pyrrole nitrogens is 1. The molecule has 0 aliphatic heterocycles. The zero-order valence-electron chi connectivity index (χ0n) is 21.2. The number of halogens is 1. The summed E-state index contributed by atoms with van der Waals surface area (Å²) in [5.74, 6) is 1.52. The molecule has 4 rings (SSSR count). The van der Waals surface area contributed by atoms with E-state index in [4.69, 9.17) is 22.3 Å². The van der Waals surface area contributed by atoms with Crippen molar-refractivity contribution in [3.63, 3.8) is 0 Å². The van der Waals surface area contributed by atoms with Crippen molar-refractivity contribution in [3.8, 4) is 28.4 Å². The quantitative estimate of drug-likeness (QED) is 0.262. The highest BCUT2D eigenvalue weighted by atomic mass is 35.5. The first-order valence-corrected chi connectivity index (χ1v) is 12.4. The Morgan fingerprint density at radius 1 is 1.08 bits per heavy atom. The van der Waals surface area contributed by atoms with Crippen LogP contribution in [-0.4, -0.2) is 43.0 Å². The second-order valence-electron chi connectivity index (χ2n) is 10.2. The van der Waals surface area contributed by atoms with Gasteiger partial charge in [0.15, 0.2) is 0 Å². The molecule has 0 atom stereocenters. The maximum Gasteiger partial charge on any atom is 0.220 e. The lowest BCUT2D eigenvalue weighted by Gasteiger charge is -2.32. The number of aromatic nitrogens is 4. The molecular formula is C28H33ClN6O. The van der Waals surface area contributed by atoms with Crippen LogP contribution in [0.1, 0.15) is 39.1 Å². The highest BCUT2D eigenvalue weighted by molar-refractivity contribution is 6.32. The monoisotopic (exact) mass is 504 g/mol. The van der Waals surface area contributed by atoms with Gasteiger partial charge in [-0.2, -0.15) is 0 Å². The van der Waals surface area contributed by atoms with Crippen molar-refractivity contribution in [1.82, 2.24) is 24.8 Å². The number of nitrogens with two attached hydrogens (primary N) is 1. The first kappa shape index (κ1) is 25.7. The Morgan fingerprint density at radius 2 is 1.83 bits per heavy atom. The molecule has 0 radical (unpaired) electrons. The molecule has 0 aliphatic carbocycles. The first-order chi connectivity index (χ1) is 17.1. The Balaban J connectivity index is 1.73. The fourth-order valence-corrected chi connectivity index (χ4v) is 4.56. The molecule has 8 heteroatoms. The van der Waals surface area contributed by atoms with E-state index in [0.29, 0.717) is 23.0 Å². The number of imidazole rings is 1. The summed E-state index contributed by atoms with van der Waals surface area (Å²) < 4.78 is 0. The predicted molar refractivity (Wildman–Crippen MR) is 146 cm³/mol. The molecule has 2 aromatic heterocycles. The lowest BCUT2D eigenvalue weighted by molar-refractivity contribution is 0.190. The van der Waals surface area contributed by atoms with Crippen LogP contribution in [0, 0.1) is 5.92 Å². The van der Waals surface area contributed by atoms with E-state index in [2.05, 4.69) is 71.8 Å². The number of nitrogen functional groups attached to an aromatic ring is 1. The summed E-state index contributed by atoms with van der Waals surface area (Å²) in [6.45, 7) is 11.5. The molecule has 0 bridgehead atoms. The van der Waals surface area contributed by atoms with Crippen molar-refractivity contribution < 1.29 is 5.11 Å². The number of phenols is 1. The molecule has 2 aromatic carbocycles. The lowest BCUT2D eigenvalue weighted by Crippen LogP contribution is -2.39. The number of benzene rings is 2. The van der Waals surface area contributed by atoms with Crippen molar-refractivity contribution in [2.45, 2.75) is 39.7 Å². The second kappa shape index (κ2) is 10.7. The Kier molecular flexibility index (Phi) is 7.62. The number of aromatic hydroxyl groups is 1. The number of aromatic amines is 1. The van der Waals surface area contributed by atoms with Gasteiger partial charge in [0.1, 0.15) is 11.6 Å². The standard InChI is InChI=1S/C28H33ClN6O/c1-18(2)15-35(16-19-8-6-5-7-9-19)17-28(3,4)26-33-24(20-10-11-21(29)23(36)14-20)25(34-26)22-12-13-31-27(30)32-22/h5-14,18,36H,15-17H2,1-4H3,(H,33,34)(H2,30,31,32). The molecule has 188 valence electrons. The predicted octanol–water partition coefficient (Wildman–Crippen LogP) is 5.91. The number of hydrogen-bond donors (Lipinski definition) is 3. The molecule has 7 nitrogen and oxygen atoms in total. The topological polar surface area (TPSA) is 104 Å². The molecule has 0 unspecified atom stereocenters. The first-order valence-electron chi connectivity index (χ1n) is 12.1. The third kappa shape index (κ3) is 6.04.